The maximum Gasteiger partial charge on any atom is 0.409 e. The Morgan fingerprint density at radius 3 is 2.32 bits per heavy atom. The lowest BCUT2D eigenvalue weighted by molar-refractivity contribution is -0.157. The van der Waals surface area contributed by atoms with Gasteiger partial charge in [-0.25, -0.2) is 4.79 Å². The van der Waals surface area contributed by atoms with Gasteiger partial charge in [-0.2, -0.15) is 0 Å². The summed E-state index contributed by atoms with van der Waals surface area (Å²) >= 11 is 8.18. The molecule has 1 unspecified atom stereocenters. The summed E-state index contributed by atoms with van der Waals surface area (Å²) in [6, 6.07) is 3.55. The Balaban J connectivity index is 1.29. The molecule has 23 heteroatoms. The number of hydrogen-bond donors (Lipinski definition) is 4. The highest BCUT2D eigenvalue weighted by Crippen LogP contribution is 2.47. The summed E-state index contributed by atoms with van der Waals surface area (Å²) in [5, 5.41) is 17.2. The Hall–Kier alpha value is -4.52. The number of nitrogens with two attached hydrogens (primary N) is 1. The van der Waals surface area contributed by atoms with Crippen molar-refractivity contribution in [1.82, 2.24) is 15.5 Å². The van der Waals surface area contributed by atoms with Gasteiger partial charge in [0.05, 0.1) is 83.9 Å². The second-order valence-electron chi connectivity index (χ2n) is 18.6. The summed E-state index contributed by atoms with van der Waals surface area (Å²) in [6.45, 7) is 10.1. The standard InChI is InChI=1S/C49H74ClN5O16S/c1-32-10-9-11-37(64-8)49(62)29-34(69-46(61)53-49)27-39-48(4,71-39)38(28-43(59)55(6)35-25-33(24-32)26-36(63-7)45(35)50)70-44(60)30-54(5)42(58)12-14-47(2,3)72-31-41(57)52-15-17-66-19-21-68-23-22-67-20-18-65-16-13-40(51)56/h9-11,25-26,34,37-39,62H,12-24,27-31H2,1-8H3,(H2,51,56)(H,52,57)(H,53,61)/t34-,37-,38+,39?,48+,49+/m1/s1. The molecule has 2 saturated heterocycles. The lowest BCUT2D eigenvalue weighted by atomic mass is 9.90. The van der Waals surface area contributed by atoms with Crippen LogP contribution in [-0.4, -0.2) is 186 Å². The molecule has 5 amide bonds. The third-order valence-corrected chi connectivity index (χ3v) is 14.0. The van der Waals surface area contributed by atoms with Crippen LogP contribution in [0.2, 0.25) is 5.02 Å². The number of epoxide rings is 1. The number of nitrogens with one attached hydrogen (secondary N) is 2. The molecule has 0 saturated carbocycles. The zero-order chi connectivity index (χ0) is 53.1. The molecule has 72 heavy (non-hydrogen) atoms. The van der Waals surface area contributed by atoms with E-state index in [9.17, 15) is 33.9 Å². The number of anilines is 1. The lowest BCUT2D eigenvalue weighted by Gasteiger charge is -2.40. The summed E-state index contributed by atoms with van der Waals surface area (Å²) < 4.78 is 50.1. The first-order chi connectivity index (χ1) is 34.1. The highest BCUT2D eigenvalue weighted by molar-refractivity contribution is 8.01. The summed E-state index contributed by atoms with van der Waals surface area (Å²) in [4.78, 5) is 80.0. The third-order valence-electron chi connectivity index (χ3n) is 12.3. The van der Waals surface area contributed by atoms with Crippen LogP contribution in [0.25, 0.3) is 0 Å². The van der Waals surface area contributed by atoms with Crippen LogP contribution < -0.4 is 26.0 Å². The molecule has 3 heterocycles. The average Bonchev–Trinajstić information content (AvgIpc) is 3.98. The van der Waals surface area contributed by atoms with Crippen LogP contribution in [0.4, 0.5) is 10.5 Å². The number of rotatable bonds is 26. The van der Waals surface area contributed by atoms with Gasteiger partial charge in [0.2, 0.25) is 23.6 Å². The van der Waals surface area contributed by atoms with E-state index >= 15 is 0 Å². The molecule has 0 spiro atoms. The molecule has 0 radical (unpaired) electrons. The number of benzene rings is 1. The second kappa shape index (κ2) is 28.8. The van der Waals surface area contributed by atoms with Crippen molar-refractivity contribution in [3.63, 3.8) is 0 Å². The Morgan fingerprint density at radius 2 is 1.68 bits per heavy atom. The summed E-state index contributed by atoms with van der Waals surface area (Å²) in [5.74, 6) is -1.67. The summed E-state index contributed by atoms with van der Waals surface area (Å²) in [6.07, 6.45) is 1.46. The van der Waals surface area contributed by atoms with E-state index in [-0.39, 0.29) is 61.3 Å². The number of aliphatic hydroxyl groups is 1. The normalized spacial score (nSPS) is 23.5. The van der Waals surface area contributed by atoms with Crippen molar-refractivity contribution in [1.29, 1.82) is 0 Å². The fourth-order valence-corrected chi connectivity index (χ4v) is 9.09. The number of primary amides is 1. The number of amides is 5. The number of nitrogens with zero attached hydrogens (tertiary/aromatic N) is 2. The SMILES string of the molecule is COc1cc2cc(c1Cl)N(C)C(=O)C[C@H](OC(=O)CN(C)C(=O)CCC(C)(C)SCC(=O)NCCOCCOCCOCCOCCC(N)=O)[C@]1(C)OC1C[C@@H]1C[C@@](O)(NC(=O)O1)[C@H](OC)C=CC=C(C)C2. The maximum atomic E-state index is 14.2. The second-order valence-corrected chi connectivity index (χ2v) is 20.7. The molecule has 0 aromatic heterocycles. The van der Waals surface area contributed by atoms with E-state index in [4.69, 9.17) is 60.0 Å². The van der Waals surface area contributed by atoms with Crippen molar-refractivity contribution in [2.45, 2.75) is 113 Å². The highest BCUT2D eigenvalue weighted by atomic mass is 35.5. The fraction of sp³-hybridized carbons (Fsp3) is 0.673. The number of carbonyl (C=O) groups is 6. The van der Waals surface area contributed by atoms with Crippen molar-refractivity contribution in [3.8, 4) is 5.75 Å². The maximum absolute atomic E-state index is 14.2. The van der Waals surface area contributed by atoms with E-state index in [1.54, 1.807) is 38.3 Å². The molecule has 2 fully saturated rings. The van der Waals surface area contributed by atoms with Crippen molar-refractivity contribution < 1.29 is 76.5 Å². The Morgan fingerprint density at radius 1 is 1.03 bits per heavy atom. The number of esters is 1. The average molecular weight is 1060 g/mol. The summed E-state index contributed by atoms with van der Waals surface area (Å²) in [5.41, 5.74) is 4.02. The van der Waals surface area contributed by atoms with Crippen LogP contribution in [0.5, 0.6) is 5.75 Å². The smallest absolute Gasteiger partial charge is 0.409 e. The molecule has 5 N–H and O–H groups in total. The Labute approximate surface area is 431 Å². The van der Waals surface area contributed by atoms with Crippen LogP contribution in [0.1, 0.15) is 71.8 Å². The lowest BCUT2D eigenvalue weighted by Crippen LogP contribution is -2.62. The molecule has 0 aliphatic carbocycles. The number of ether oxygens (including phenoxy) is 9. The molecular weight excluding hydrogens is 982 g/mol. The largest absolute Gasteiger partial charge is 0.495 e. The van der Waals surface area contributed by atoms with Gasteiger partial charge in [0, 0.05) is 58.2 Å². The topological polar surface area (TPSA) is 266 Å². The van der Waals surface area contributed by atoms with E-state index in [1.165, 1.54) is 42.8 Å². The third kappa shape index (κ3) is 19.4. The molecule has 6 atom stereocenters. The summed E-state index contributed by atoms with van der Waals surface area (Å²) in [7, 11) is 5.93. The number of alkyl carbamates (subject to hydrolysis) is 1. The molecule has 1 aromatic rings. The minimum absolute atomic E-state index is 0.0698. The number of carbonyl (C=O) groups excluding carboxylic acids is 6. The first-order valence-electron chi connectivity index (χ1n) is 23.9. The van der Waals surface area contributed by atoms with Gasteiger partial charge < -0.3 is 68.6 Å². The van der Waals surface area contributed by atoms with Gasteiger partial charge in [0.15, 0.2) is 5.72 Å². The Kier molecular flexibility index (Phi) is 24.0. The van der Waals surface area contributed by atoms with E-state index in [2.05, 4.69) is 10.6 Å². The molecule has 21 nitrogen and oxygen atoms in total. The van der Waals surface area contributed by atoms with Gasteiger partial charge >= 0.3 is 12.1 Å². The van der Waals surface area contributed by atoms with Crippen LogP contribution in [0.15, 0.2) is 35.9 Å². The molecule has 3 aliphatic heterocycles. The van der Waals surface area contributed by atoms with E-state index < -0.39 is 70.9 Å². The van der Waals surface area contributed by atoms with Gasteiger partial charge in [0.1, 0.15) is 41.2 Å². The van der Waals surface area contributed by atoms with Gasteiger partial charge in [-0.3, -0.25) is 29.3 Å². The first-order valence-corrected chi connectivity index (χ1v) is 25.3. The predicted octanol–water partition coefficient (Wildman–Crippen LogP) is 3.23. The monoisotopic (exact) mass is 1060 g/mol. The minimum Gasteiger partial charge on any atom is -0.495 e. The number of halogens is 1. The number of thioether (sulfide) groups is 1. The molecule has 3 aliphatic rings. The first kappa shape index (κ1) is 60.0. The number of methoxy groups -OCH3 is 2. The molecule has 1 aromatic carbocycles. The van der Waals surface area contributed by atoms with Crippen LogP contribution in [-0.2, 0) is 68.3 Å². The van der Waals surface area contributed by atoms with Crippen molar-refractivity contribution >= 4 is 64.7 Å². The van der Waals surface area contributed by atoms with Crippen molar-refractivity contribution in [3.05, 3.63) is 46.5 Å². The van der Waals surface area contributed by atoms with Gasteiger partial charge in [0.25, 0.3) is 0 Å². The van der Waals surface area contributed by atoms with E-state index in [0.717, 1.165) is 11.1 Å². The predicted molar refractivity (Wildman–Crippen MR) is 268 cm³/mol. The molecule has 4 bridgehead atoms. The number of hydrogen-bond acceptors (Lipinski definition) is 17. The van der Waals surface area contributed by atoms with Crippen LogP contribution in [0, 0.1) is 0 Å². The number of fused-ring (bicyclic) bond motifs is 5. The van der Waals surface area contributed by atoms with Crippen molar-refractivity contribution in [2.24, 2.45) is 5.73 Å². The number of allylic oxidation sites excluding steroid dienone is 3. The van der Waals surface area contributed by atoms with Crippen LogP contribution >= 0.6 is 23.4 Å². The zero-order valence-electron chi connectivity index (χ0n) is 42.8. The minimum atomic E-state index is -1.84. The molecular formula is C49H74ClN5O16S. The van der Waals surface area contributed by atoms with E-state index in [1.807, 2.05) is 26.8 Å². The Bertz CT molecular complexity index is 2080. The van der Waals surface area contributed by atoms with Crippen molar-refractivity contribution in [2.75, 3.05) is 105 Å². The van der Waals surface area contributed by atoms with Gasteiger partial charge in [-0.15, -0.1) is 11.8 Å². The zero-order valence-corrected chi connectivity index (χ0v) is 44.3. The highest BCUT2D eigenvalue weighted by Gasteiger charge is 2.61. The number of likely N-dealkylation sites (N-methyl/N-ethyl adjacent to an activating group) is 1. The molecule has 404 valence electrons. The van der Waals surface area contributed by atoms with E-state index in [0.29, 0.717) is 77.1 Å². The quantitative estimate of drug-likeness (QED) is 0.0590. The van der Waals surface area contributed by atoms with Gasteiger partial charge in [-0.1, -0.05) is 49.2 Å². The van der Waals surface area contributed by atoms with Gasteiger partial charge in [-0.05, 0) is 44.4 Å². The van der Waals surface area contributed by atoms with Crippen LogP contribution in [0.3, 0.4) is 0 Å². The molecule has 4 rings (SSSR count). The fourth-order valence-electron chi connectivity index (χ4n) is 7.91.